The van der Waals surface area contributed by atoms with Crippen molar-refractivity contribution in [2.24, 2.45) is 0 Å². The second-order valence-electron chi connectivity index (χ2n) is 5.20. The van der Waals surface area contributed by atoms with E-state index < -0.39 is 57.9 Å². The van der Waals surface area contributed by atoms with E-state index in [9.17, 15) is 39.9 Å². The van der Waals surface area contributed by atoms with Crippen molar-refractivity contribution in [1.29, 1.82) is 0 Å². The van der Waals surface area contributed by atoms with Crippen molar-refractivity contribution in [2.75, 3.05) is 5.32 Å². The van der Waals surface area contributed by atoms with E-state index in [0.717, 1.165) is 0 Å². The average Bonchev–Trinajstić information content (AvgIpc) is 2.51. The van der Waals surface area contributed by atoms with E-state index in [1.807, 2.05) is 0 Å². The van der Waals surface area contributed by atoms with Crippen LogP contribution in [0.1, 0.15) is 11.1 Å². The van der Waals surface area contributed by atoms with Crippen LogP contribution in [0.15, 0.2) is 24.8 Å². The predicted molar refractivity (Wildman–Crippen MR) is 84.5 cm³/mol. The van der Waals surface area contributed by atoms with Crippen LogP contribution in [0.3, 0.4) is 0 Å². The van der Waals surface area contributed by atoms with Gasteiger partial charge in [0.2, 0.25) is 5.91 Å². The Bertz CT molecular complexity index is 780. The molecule has 3 N–H and O–H groups in total. The van der Waals surface area contributed by atoms with Gasteiger partial charge in [0.1, 0.15) is 0 Å². The SMILES string of the molecule is C=CC(=O)Nc1cc(B(O)O)cc(C(F)(F)C(F)(F)Cl)c1C(F)(F)C(F)(F)Cl. The molecule has 0 bridgehead atoms. The van der Waals surface area contributed by atoms with E-state index in [1.165, 1.54) is 5.32 Å². The Kier molecular flexibility index (Phi) is 6.72. The van der Waals surface area contributed by atoms with Crippen molar-refractivity contribution in [3.8, 4) is 0 Å². The molecule has 0 aliphatic rings. The number of hydrogen-bond acceptors (Lipinski definition) is 3. The maximum Gasteiger partial charge on any atom is 0.488 e. The lowest BCUT2D eigenvalue weighted by molar-refractivity contribution is -0.181. The number of halogens is 10. The lowest BCUT2D eigenvalue weighted by atomic mass is 9.76. The standard InChI is InChI=1S/C13H8BCl2F8NO3/c1-2-8(26)25-7-4-5(14(27)28)3-6(10(17,18)12(15,21)22)9(7)11(19,20)13(16,23)24/h2-4,27-28H,1H2,(H,25,26). The van der Waals surface area contributed by atoms with Gasteiger partial charge in [0.25, 0.3) is 0 Å². The molecule has 15 heteroatoms. The Labute approximate surface area is 161 Å². The molecule has 1 amide bonds. The highest BCUT2D eigenvalue weighted by atomic mass is 35.5. The van der Waals surface area contributed by atoms with Crippen LogP contribution in [0.25, 0.3) is 0 Å². The fourth-order valence-corrected chi connectivity index (χ4v) is 2.17. The first-order valence-corrected chi connectivity index (χ1v) is 7.51. The third-order valence-corrected chi connectivity index (χ3v) is 3.74. The Balaban J connectivity index is 4.10. The third-order valence-electron chi connectivity index (χ3n) is 3.27. The first-order valence-electron chi connectivity index (χ1n) is 6.75. The number of nitrogens with one attached hydrogen (secondary N) is 1. The number of anilines is 1. The summed E-state index contributed by atoms with van der Waals surface area (Å²) in [6.07, 6.45) is 0.400. The van der Waals surface area contributed by atoms with E-state index in [1.54, 1.807) is 0 Å². The highest BCUT2D eigenvalue weighted by Gasteiger charge is 2.64. The van der Waals surface area contributed by atoms with Crippen LogP contribution in [-0.4, -0.2) is 33.8 Å². The molecule has 0 aliphatic heterocycles. The third kappa shape index (κ3) is 4.53. The molecule has 1 aromatic rings. The lowest BCUT2D eigenvalue weighted by Gasteiger charge is -2.31. The molecule has 0 saturated heterocycles. The van der Waals surface area contributed by atoms with Crippen LogP contribution in [0.4, 0.5) is 40.8 Å². The molecule has 0 heterocycles. The van der Waals surface area contributed by atoms with Gasteiger partial charge in [-0.2, -0.15) is 35.1 Å². The molecule has 156 valence electrons. The first-order chi connectivity index (χ1) is 12.4. The monoisotopic (exact) mass is 459 g/mol. The molecule has 0 saturated carbocycles. The van der Waals surface area contributed by atoms with Gasteiger partial charge in [-0.15, -0.1) is 0 Å². The fraction of sp³-hybridized carbons (Fsp3) is 0.308. The number of amides is 1. The number of hydrogen-bond donors (Lipinski definition) is 3. The van der Waals surface area contributed by atoms with Gasteiger partial charge in [-0.05, 0) is 40.8 Å². The zero-order valence-corrected chi connectivity index (χ0v) is 14.6. The average molecular weight is 460 g/mol. The van der Waals surface area contributed by atoms with Crippen LogP contribution >= 0.6 is 23.2 Å². The van der Waals surface area contributed by atoms with Crippen molar-refractivity contribution in [2.45, 2.75) is 22.6 Å². The topological polar surface area (TPSA) is 69.6 Å². The molecule has 1 aromatic carbocycles. The van der Waals surface area contributed by atoms with Crippen molar-refractivity contribution in [3.63, 3.8) is 0 Å². The summed E-state index contributed by atoms with van der Waals surface area (Å²) in [7, 11) is -2.71. The lowest BCUT2D eigenvalue weighted by Crippen LogP contribution is -2.42. The minimum Gasteiger partial charge on any atom is -0.423 e. The van der Waals surface area contributed by atoms with Crippen molar-refractivity contribution in [1.82, 2.24) is 0 Å². The van der Waals surface area contributed by atoms with Crippen molar-refractivity contribution >= 4 is 47.4 Å². The largest absolute Gasteiger partial charge is 0.488 e. The second kappa shape index (κ2) is 7.69. The van der Waals surface area contributed by atoms with E-state index >= 15 is 0 Å². The second-order valence-corrected chi connectivity index (χ2v) is 6.15. The normalized spacial score (nSPS) is 13.3. The van der Waals surface area contributed by atoms with Crippen LogP contribution in [0.2, 0.25) is 0 Å². The zero-order chi connectivity index (χ0) is 22.3. The number of alkyl halides is 10. The molecular formula is C13H8BCl2F8NO3. The molecule has 4 nitrogen and oxygen atoms in total. The number of rotatable bonds is 7. The summed E-state index contributed by atoms with van der Waals surface area (Å²) in [6.45, 7) is 2.90. The van der Waals surface area contributed by atoms with E-state index in [2.05, 4.69) is 29.8 Å². The summed E-state index contributed by atoms with van der Waals surface area (Å²) in [6, 6.07) is -0.139. The Morgan fingerprint density at radius 2 is 1.46 bits per heavy atom. The predicted octanol–water partition coefficient (Wildman–Crippen LogP) is 3.34. The molecule has 0 spiro atoms. The molecule has 0 aliphatic carbocycles. The Morgan fingerprint density at radius 3 is 1.82 bits per heavy atom. The summed E-state index contributed by atoms with van der Waals surface area (Å²) >= 11 is 8.50. The van der Waals surface area contributed by atoms with Gasteiger partial charge in [-0.3, -0.25) is 4.79 Å². The van der Waals surface area contributed by atoms with Gasteiger partial charge in [-0.25, -0.2) is 0 Å². The van der Waals surface area contributed by atoms with Crippen LogP contribution < -0.4 is 10.8 Å². The van der Waals surface area contributed by atoms with Gasteiger partial charge in [0.15, 0.2) is 0 Å². The molecule has 0 aromatic heterocycles. The van der Waals surface area contributed by atoms with Crippen molar-refractivity contribution < 1.29 is 50.0 Å². The van der Waals surface area contributed by atoms with Crippen molar-refractivity contribution in [3.05, 3.63) is 35.9 Å². The maximum atomic E-state index is 14.2. The molecule has 0 unspecified atom stereocenters. The summed E-state index contributed by atoms with van der Waals surface area (Å²) in [5.41, 5.74) is -7.76. The molecule has 0 fully saturated rings. The summed E-state index contributed by atoms with van der Waals surface area (Å²) in [5.74, 6) is -12.9. The van der Waals surface area contributed by atoms with E-state index in [4.69, 9.17) is 10.0 Å². The minimum atomic E-state index is -5.75. The van der Waals surface area contributed by atoms with Crippen LogP contribution in [0.5, 0.6) is 0 Å². The molecule has 28 heavy (non-hydrogen) atoms. The maximum absolute atomic E-state index is 14.2. The quantitative estimate of drug-likeness (QED) is 0.253. The fourth-order valence-electron chi connectivity index (χ4n) is 1.98. The summed E-state index contributed by atoms with van der Waals surface area (Å²) in [4.78, 5) is 11.4. The van der Waals surface area contributed by atoms with Crippen LogP contribution in [0, 0.1) is 0 Å². The first kappa shape index (κ1) is 24.5. The summed E-state index contributed by atoms with van der Waals surface area (Å²) < 4.78 is 109. The number of benzene rings is 1. The minimum absolute atomic E-state index is 0.171. The van der Waals surface area contributed by atoms with Gasteiger partial charge in [0, 0.05) is 5.56 Å². The molecule has 0 atom stereocenters. The summed E-state index contributed by atoms with van der Waals surface area (Å²) in [5, 5.41) is 8.41. The smallest absolute Gasteiger partial charge is 0.423 e. The number of carbonyl (C=O) groups is 1. The van der Waals surface area contributed by atoms with Gasteiger partial charge < -0.3 is 15.4 Å². The molecule has 0 radical (unpaired) electrons. The molecule has 1 rings (SSSR count). The van der Waals surface area contributed by atoms with E-state index in [0.29, 0.717) is 6.08 Å². The molecular weight excluding hydrogens is 452 g/mol. The van der Waals surface area contributed by atoms with Gasteiger partial charge >= 0.3 is 29.7 Å². The van der Waals surface area contributed by atoms with Gasteiger partial charge in [0.05, 0.1) is 11.3 Å². The van der Waals surface area contributed by atoms with E-state index in [-0.39, 0.29) is 12.1 Å². The van der Waals surface area contributed by atoms with Crippen LogP contribution in [-0.2, 0) is 16.6 Å². The Hall–Kier alpha value is -1.57. The van der Waals surface area contributed by atoms with Gasteiger partial charge in [-0.1, -0.05) is 12.6 Å². The zero-order valence-electron chi connectivity index (χ0n) is 13.1. The number of carbonyl (C=O) groups excluding carboxylic acids is 1. The Morgan fingerprint density at radius 1 is 1.00 bits per heavy atom. The highest BCUT2D eigenvalue weighted by Crippen LogP contribution is 2.54. The highest BCUT2D eigenvalue weighted by molar-refractivity contribution is 6.58.